The van der Waals surface area contributed by atoms with Crippen LogP contribution in [0.3, 0.4) is 0 Å². The number of nitrogens with zero attached hydrogens (tertiary/aromatic N) is 1. The average molecular weight is 294 g/mol. The second kappa shape index (κ2) is 6.56. The number of ether oxygens (including phenoxy) is 1. The normalized spacial score (nSPS) is 19.5. The molecule has 0 bridgehead atoms. The summed E-state index contributed by atoms with van der Waals surface area (Å²) >= 11 is 0. The highest BCUT2D eigenvalue weighted by molar-refractivity contribution is 5.90. The van der Waals surface area contributed by atoms with Crippen LogP contribution in [0.25, 0.3) is 0 Å². The largest absolute Gasteiger partial charge is 0.491 e. The molecular formula is C15H19FN2O3. The molecule has 1 aromatic carbocycles. The first-order valence-corrected chi connectivity index (χ1v) is 6.92. The van der Waals surface area contributed by atoms with Crippen molar-refractivity contribution in [2.75, 3.05) is 13.7 Å². The summed E-state index contributed by atoms with van der Waals surface area (Å²) < 4.78 is 18.4. The van der Waals surface area contributed by atoms with Crippen LogP contribution >= 0.6 is 0 Å². The van der Waals surface area contributed by atoms with Gasteiger partial charge in [-0.1, -0.05) is 6.07 Å². The molecule has 0 aromatic heterocycles. The number of hydrogen-bond donors (Lipinski definition) is 1. The number of benzene rings is 1. The fraction of sp³-hybridized carbons (Fsp3) is 0.467. The maximum Gasteiger partial charge on any atom is 0.243 e. The molecule has 1 fully saturated rings. The van der Waals surface area contributed by atoms with Gasteiger partial charge < -0.3 is 15.0 Å². The van der Waals surface area contributed by atoms with Crippen molar-refractivity contribution < 1.29 is 18.7 Å². The third-order valence-corrected chi connectivity index (χ3v) is 3.48. The molecule has 1 aromatic rings. The molecule has 2 amide bonds. The first-order chi connectivity index (χ1) is 9.97. The molecule has 21 heavy (non-hydrogen) atoms. The predicted molar refractivity (Wildman–Crippen MR) is 75.3 cm³/mol. The number of rotatable bonds is 5. The highest BCUT2D eigenvalue weighted by Gasteiger charge is 2.33. The van der Waals surface area contributed by atoms with E-state index < -0.39 is 6.04 Å². The third kappa shape index (κ3) is 3.93. The number of nitrogens with one attached hydrogen (secondary N) is 1. The Labute approximate surface area is 123 Å². The van der Waals surface area contributed by atoms with E-state index in [4.69, 9.17) is 4.74 Å². The highest BCUT2D eigenvalue weighted by atomic mass is 19.1. The van der Waals surface area contributed by atoms with E-state index in [-0.39, 0.29) is 30.3 Å². The molecule has 1 N–H and O–H groups in total. The minimum Gasteiger partial charge on any atom is -0.491 e. The minimum atomic E-state index is -0.408. The SMILES string of the molecule is C[C@H](COc1cccc(F)c1)NC(=O)[C@@H]1CCC(=O)N1C. The van der Waals surface area contributed by atoms with E-state index in [0.717, 1.165) is 0 Å². The second-order valence-corrected chi connectivity index (χ2v) is 5.24. The van der Waals surface area contributed by atoms with Gasteiger partial charge in [0.05, 0.1) is 6.04 Å². The number of amides is 2. The zero-order valence-corrected chi connectivity index (χ0v) is 12.1. The molecule has 1 aliphatic rings. The Morgan fingerprint density at radius 2 is 2.33 bits per heavy atom. The molecular weight excluding hydrogens is 275 g/mol. The zero-order valence-electron chi connectivity index (χ0n) is 12.1. The summed E-state index contributed by atoms with van der Waals surface area (Å²) in [6, 6.07) is 5.20. The minimum absolute atomic E-state index is 0.0150. The molecule has 2 rings (SSSR count). The van der Waals surface area contributed by atoms with Gasteiger partial charge in [-0.2, -0.15) is 0 Å². The molecule has 0 unspecified atom stereocenters. The molecule has 1 aliphatic heterocycles. The van der Waals surface area contributed by atoms with E-state index in [1.165, 1.54) is 17.0 Å². The van der Waals surface area contributed by atoms with Crippen LogP contribution in [0.5, 0.6) is 5.75 Å². The Kier molecular flexibility index (Phi) is 4.77. The average Bonchev–Trinajstić information content (AvgIpc) is 2.77. The van der Waals surface area contributed by atoms with Crippen molar-refractivity contribution >= 4 is 11.8 Å². The van der Waals surface area contributed by atoms with E-state index in [1.807, 2.05) is 0 Å². The topological polar surface area (TPSA) is 58.6 Å². The first kappa shape index (κ1) is 15.3. The third-order valence-electron chi connectivity index (χ3n) is 3.48. The van der Waals surface area contributed by atoms with E-state index in [0.29, 0.717) is 18.6 Å². The fourth-order valence-corrected chi connectivity index (χ4v) is 2.27. The molecule has 114 valence electrons. The van der Waals surface area contributed by atoms with Crippen molar-refractivity contribution in [1.29, 1.82) is 0 Å². The maximum atomic E-state index is 13.0. The van der Waals surface area contributed by atoms with Gasteiger partial charge in [0.15, 0.2) is 0 Å². The van der Waals surface area contributed by atoms with Gasteiger partial charge in [0.25, 0.3) is 0 Å². The lowest BCUT2D eigenvalue weighted by Crippen LogP contribution is -2.47. The molecule has 0 saturated carbocycles. The number of likely N-dealkylation sites (tertiary alicyclic amines) is 1. The van der Waals surface area contributed by atoms with Crippen LogP contribution in [0.15, 0.2) is 24.3 Å². The first-order valence-electron chi connectivity index (χ1n) is 6.92. The quantitative estimate of drug-likeness (QED) is 0.891. The molecule has 1 saturated heterocycles. The van der Waals surface area contributed by atoms with E-state index in [2.05, 4.69) is 5.32 Å². The summed E-state index contributed by atoms with van der Waals surface area (Å²) in [4.78, 5) is 24.9. The van der Waals surface area contributed by atoms with Crippen molar-refractivity contribution in [2.24, 2.45) is 0 Å². The van der Waals surface area contributed by atoms with Crippen molar-refractivity contribution in [2.45, 2.75) is 31.8 Å². The van der Waals surface area contributed by atoms with Crippen LogP contribution in [0.1, 0.15) is 19.8 Å². The van der Waals surface area contributed by atoms with Gasteiger partial charge in [-0.05, 0) is 25.5 Å². The van der Waals surface area contributed by atoms with Gasteiger partial charge in [-0.25, -0.2) is 4.39 Å². The van der Waals surface area contributed by atoms with E-state index in [9.17, 15) is 14.0 Å². The standard InChI is InChI=1S/C15H19FN2O3/c1-10(9-21-12-5-3-4-11(16)8-12)17-15(20)13-6-7-14(19)18(13)2/h3-5,8,10,13H,6-7,9H2,1-2H3,(H,17,20)/t10-,13+/m1/s1. The lowest BCUT2D eigenvalue weighted by atomic mass is 10.2. The molecule has 6 heteroatoms. The molecule has 5 nitrogen and oxygen atoms in total. The van der Waals surface area contributed by atoms with Crippen LogP contribution in [0, 0.1) is 5.82 Å². The molecule has 0 radical (unpaired) electrons. The number of carbonyl (C=O) groups is 2. The van der Waals surface area contributed by atoms with Gasteiger partial charge in [0.2, 0.25) is 11.8 Å². The second-order valence-electron chi connectivity index (χ2n) is 5.24. The lowest BCUT2D eigenvalue weighted by Gasteiger charge is -2.22. The smallest absolute Gasteiger partial charge is 0.243 e. The van der Waals surface area contributed by atoms with Crippen LogP contribution in [-0.4, -0.2) is 42.5 Å². The summed E-state index contributed by atoms with van der Waals surface area (Å²) in [5.74, 6) is -0.142. The van der Waals surface area contributed by atoms with Gasteiger partial charge in [-0.15, -0.1) is 0 Å². The predicted octanol–water partition coefficient (Wildman–Crippen LogP) is 1.33. The molecule has 1 heterocycles. The summed E-state index contributed by atoms with van der Waals surface area (Å²) in [6.45, 7) is 2.04. The molecule has 0 spiro atoms. The summed E-state index contributed by atoms with van der Waals surface area (Å²) in [5, 5.41) is 2.81. The number of halogens is 1. The summed E-state index contributed by atoms with van der Waals surface area (Å²) in [7, 11) is 1.63. The molecule has 2 atom stereocenters. The van der Waals surface area contributed by atoms with E-state index >= 15 is 0 Å². The van der Waals surface area contributed by atoms with Gasteiger partial charge in [0.1, 0.15) is 24.2 Å². The van der Waals surface area contributed by atoms with Crippen LogP contribution in [-0.2, 0) is 9.59 Å². The van der Waals surface area contributed by atoms with E-state index in [1.54, 1.807) is 26.1 Å². The van der Waals surface area contributed by atoms with Crippen molar-refractivity contribution in [3.05, 3.63) is 30.1 Å². The Morgan fingerprint density at radius 3 is 2.95 bits per heavy atom. The van der Waals surface area contributed by atoms with Crippen molar-refractivity contribution in [3.63, 3.8) is 0 Å². The monoisotopic (exact) mass is 294 g/mol. The van der Waals surface area contributed by atoms with Gasteiger partial charge >= 0.3 is 0 Å². The summed E-state index contributed by atoms with van der Waals surface area (Å²) in [5.41, 5.74) is 0. The maximum absolute atomic E-state index is 13.0. The number of hydrogen-bond acceptors (Lipinski definition) is 3. The molecule has 0 aliphatic carbocycles. The Morgan fingerprint density at radius 1 is 1.57 bits per heavy atom. The summed E-state index contributed by atoms with van der Waals surface area (Å²) in [6.07, 6.45) is 0.946. The lowest BCUT2D eigenvalue weighted by molar-refractivity contribution is -0.134. The fourth-order valence-electron chi connectivity index (χ4n) is 2.27. The number of likely N-dealkylation sites (N-methyl/N-ethyl adjacent to an activating group) is 1. The van der Waals surface area contributed by atoms with Crippen LogP contribution in [0.4, 0.5) is 4.39 Å². The van der Waals surface area contributed by atoms with Gasteiger partial charge in [0, 0.05) is 19.5 Å². The van der Waals surface area contributed by atoms with Crippen LogP contribution in [0.2, 0.25) is 0 Å². The Balaban J connectivity index is 1.80. The Bertz CT molecular complexity index is 535. The number of carbonyl (C=O) groups excluding carboxylic acids is 2. The van der Waals surface area contributed by atoms with Gasteiger partial charge in [-0.3, -0.25) is 9.59 Å². The van der Waals surface area contributed by atoms with Crippen LogP contribution < -0.4 is 10.1 Å². The Hall–Kier alpha value is -2.11. The zero-order chi connectivity index (χ0) is 15.4. The highest BCUT2D eigenvalue weighted by Crippen LogP contribution is 2.16. The van der Waals surface area contributed by atoms with Crippen molar-refractivity contribution in [3.8, 4) is 5.75 Å². The van der Waals surface area contributed by atoms with Crippen molar-refractivity contribution in [1.82, 2.24) is 10.2 Å².